The number of nitrogens with one attached hydrogen (secondary N) is 1. The van der Waals surface area contributed by atoms with E-state index < -0.39 is 6.61 Å². The van der Waals surface area contributed by atoms with E-state index in [1.165, 1.54) is 12.1 Å². The number of H-pyrrole nitrogens is 1. The molecule has 0 aliphatic heterocycles. The van der Waals surface area contributed by atoms with Gasteiger partial charge in [0.05, 0.1) is 5.52 Å². The van der Waals surface area contributed by atoms with Crippen LogP contribution in [0.5, 0.6) is 5.75 Å². The quantitative estimate of drug-likeness (QED) is 0.875. The van der Waals surface area contributed by atoms with Gasteiger partial charge in [-0.25, -0.2) is 0 Å². The van der Waals surface area contributed by atoms with Crippen molar-refractivity contribution in [1.29, 1.82) is 0 Å². The number of hydrogen-bond donors (Lipinski definition) is 1. The summed E-state index contributed by atoms with van der Waals surface area (Å²) in [6, 6.07) is 4.50. The molecule has 0 radical (unpaired) electrons. The van der Waals surface area contributed by atoms with E-state index >= 15 is 0 Å². The predicted octanol–water partition coefficient (Wildman–Crippen LogP) is 2.75. The second kappa shape index (κ2) is 4.16. The van der Waals surface area contributed by atoms with Gasteiger partial charge >= 0.3 is 6.61 Å². The molecule has 0 fully saturated rings. The molecule has 17 heavy (non-hydrogen) atoms. The zero-order valence-corrected chi connectivity index (χ0v) is 9.38. The first-order chi connectivity index (χ1) is 8.00. The molecule has 0 amide bonds. The number of halogens is 2. The number of ether oxygens (including phenoxy) is 1. The number of aromatic nitrogens is 1. The highest BCUT2D eigenvalue weighted by Gasteiger charge is 2.12. The molecule has 2 rings (SSSR count). The lowest BCUT2D eigenvalue weighted by Gasteiger charge is -2.09. The average Bonchev–Trinajstić information content (AvgIpc) is 2.27. The molecular formula is C12H11F2NO2. The van der Waals surface area contributed by atoms with Gasteiger partial charge in [-0.15, -0.1) is 0 Å². The summed E-state index contributed by atoms with van der Waals surface area (Å²) in [5.74, 6) is -0.0160. The molecule has 2 aromatic rings. The molecule has 3 nitrogen and oxygen atoms in total. The minimum absolute atomic E-state index is 0.0160. The van der Waals surface area contributed by atoms with Crippen LogP contribution in [0.25, 0.3) is 10.9 Å². The first-order valence-electron chi connectivity index (χ1n) is 5.07. The van der Waals surface area contributed by atoms with Gasteiger partial charge in [0, 0.05) is 16.6 Å². The summed E-state index contributed by atoms with van der Waals surface area (Å²) in [6.07, 6.45) is 0. The molecule has 5 heteroatoms. The van der Waals surface area contributed by atoms with Crippen LogP contribution in [0.2, 0.25) is 0 Å². The maximum atomic E-state index is 12.2. The Hall–Kier alpha value is -1.91. The zero-order valence-electron chi connectivity index (χ0n) is 9.38. The van der Waals surface area contributed by atoms with Crippen LogP contribution in [0.1, 0.15) is 11.3 Å². The van der Waals surface area contributed by atoms with E-state index in [9.17, 15) is 13.6 Å². The van der Waals surface area contributed by atoms with Gasteiger partial charge in [0.2, 0.25) is 0 Å². The summed E-state index contributed by atoms with van der Waals surface area (Å²) in [5.41, 5.74) is 1.36. The minimum atomic E-state index is -2.91. The number of rotatable bonds is 2. The Kier molecular flexibility index (Phi) is 2.83. The number of fused-ring (bicyclic) bond motifs is 1. The van der Waals surface area contributed by atoms with E-state index in [0.29, 0.717) is 22.2 Å². The number of alkyl halides is 2. The summed E-state index contributed by atoms with van der Waals surface area (Å²) >= 11 is 0. The van der Waals surface area contributed by atoms with Crippen LogP contribution in [0, 0.1) is 13.8 Å². The number of aromatic amines is 1. The Balaban J connectivity index is 2.77. The van der Waals surface area contributed by atoms with Crippen molar-refractivity contribution in [2.45, 2.75) is 20.5 Å². The second-order valence-electron chi connectivity index (χ2n) is 3.76. The van der Waals surface area contributed by atoms with E-state index in [0.717, 1.165) is 0 Å². The maximum Gasteiger partial charge on any atom is 0.387 e. The molecule has 0 saturated carbocycles. The Morgan fingerprint density at radius 3 is 2.65 bits per heavy atom. The summed E-state index contributed by atoms with van der Waals surface area (Å²) in [7, 11) is 0. The highest BCUT2D eigenvalue weighted by molar-refractivity contribution is 5.85. The van der Waals surface area contributed by atoms with E-state index in [1.54, 1.807) is 19.9 Å². The fourth-order valence-corrected chi connectivity index (χ4v) is 1.70. The van der Waals surface area contributed by atoms with Crippen molar-refractivity contribution in [3.63, 3.8) is 0 Å². The molecule has 1 aromatic heterocycles. The summed E-state index contributed by atoms with van der Waals surface area (Å²) in [4.78, 5) is 14.8. The number of para-hydroxylation sites is 1. The molecule has 0 atom stereocenters. The fraction of sp³-hybridized carbons (Fsp3) is 0.250. The molecule has 0 saturated heterocycles. The van der Waals surface area contributed by atoms with Crippen LogP contribution in [0.3, 0.4) is 0 Å². The van der Waals surface area contributed by atoms with Crippen LogP contribution < -0.4 is 10.2 Å². The van der Waals surface area contributed by atoms with Gasteiger partial charge in [-0.05, 0) is 26.0 Å². The molecular weight excluding hydrogens is 228 g/mol. The van der Waals surface area contributed by atoms with E-state index in [2.05, 4.69) is 9.72 Å². The smallest absolute Gasteiger partial charge is 0.387 e. The molecule has 1 N–H and O–H groups in total. The Morgan fingerprint density at radius 1 is 1.29 bits per heavy atom. The van der Waals surface area contributed by atoms with E-state index in [-0.39, 0.29) is 11.2 Å². The lowest BCUT2D eigenvalue weighted by atomic mass is 10.1. The molecule has 0 aliphatic carbocycles. The first kappa shape index (κ1) is 11.6. The lowest BCUT2D eigenvalue weighted by molar-refractivity contribution is -0.0489. The predicted molar refractivity (Wildman–Crippen MR) is 60.7 cm³/mol. The Bertz CT molecular complexity index is 620. The highest BCUT2D eigenvalue weighted by Crippen LogP contribution is 2.24. The third-order valence-corrected chi connectivity index (χ3v) is 2.70. The van der Waals surface area contributed by atoms with Crippen molar-refractivity contribution in [3.8, 4) is 5.75 Å². The van der Waals surface area contributed by atoms with Gasteiger partial charge in [-0.3, -0.25) is 4.79 Å². The fourth-order valence-electron chi connectivity index (χ4n) is 1.70. The number of benzene rings is 1. The van der Waals surface area contributed by atoms with Crippen molar-refractivity contribution in [2.75, 3.05) is 0 Å². The summed E-state index contributed by atoms with van der Waals surface area (Å²) in [5, 5.41) is 0.353. The highest BCUT2D eigenvalue weighted by atomic mass is 19.3. The van der Waals surface area contributed by atoms with E-state index in [4.69, 9.17) is 0 Å². The van der Waals surface area contributed by atoms with E-state index in [1.807, 2.05) is 0 Å². The van der Waals surface area contributed by atoms with Crippen molar-refractivity contribution in [1.82, 2.24) is 4.98 Å². The van der Waals surface area contributed by atoms with Crippen molar-refractivity contribution in [2.24, 2.45) is 0 Å². The average molecular weight is 239 g/mol. The molecule has 0 aliphatic rings. The van der Waals surface area contributed by atoms with Crippen LogP contribution in [0.4, 0.5) is 8.78 Å². The molecule has 1 heterocycles. The van der Waals surface area contributed by atoms with Gasteiger partial charge in [0.25, 0.3) is 0 Å². The normalized spacial score (nSPS) is 11.1. The molecule has 0 unspecified atom stereocenters. The molecule has 90 valence electrons. The standard InChI is InChI=1S/C12H11F2NO2/c1-6-7(2)15-10-8(11(6)16)4-3-5-9(10)17-12(13)14/h3-5,12H,1-2H3,(H,15,16). The van der Waals surface area contributed by atoms with Crippen LogP contribution in [-0.2, 0) is 0 Å². The first-order valence-corrected chi connectivity index (χ1v) is 5.07. The monoisotopic (exact) mass is 239 g/mol. The second-order valence-corrected chi connectivity index (χ2v) is 3.76. The maximum absolute atomic E-state index is 12.2. The lowest BCUT2D eigenvalue weighted by Crippen LogP contribution is -2.11. The largest absolute Gasteiger partial charge is 0.433 e. The summed E-state index contributed by atoms with van der Waals surface area (Å²) < 4.78 is 28.8. The number of hydrogen-bond acceptors (Lipinski definition) is 2. The third kappa shape index (κ3) is 2.00. The zero-order chi connectivity index (χ0) is 12.6. The van der Waals surface area contributed by atoms with Crippen LogP contribution in [0.15, 0.2) is 23.0 Å². The third-order valence-electron chi connectivity index (χ3n) is 2.70. The van der Waals surface area contributed by atoms with Gasteiger partial charge in [0.1, 0.15) is 5.75 Å². The topological polar surface area (TPSA) is 42.1 Å². The number of aryl methyl sites for hydroxylation is 1. The van der Waals surface area contributed by atoms with Gasteiger partial charge in [0.15, 0.2) is 5.43 Å². The van der Waals surface area contributed by atoms with Crippen LogP contribution >= 0.6 is 0 Å². The van der Waals surface area contributed by atoms with Crippen molar-refractivity contribution < 1.29 is 13.5 Å². The minimum Gasteiger partial charge on any atom is -0.433 e. The van der Waals surface area contributed by atoms with Gasteiger partial charge in [-0.2, -0.15) is 8.78 Å². The number of pyridine rings is 1. The van der Waals surface area contributed by atoms with Crippen molar-refractivity contribution in [3.05, 3.63) is 39.7 Å². The van der Waals surface area contributed by atoms with Crippen molar-refractivity contribution >= 4 is 10.9 Å². The SMILES string of the molecule is Cc1[nH]c2c(OC(F)F)cccc2c(=O)c1C. The molecule has 1 aromatic carbocycles. The summed E-state index contributed by atoms with van der Waals surface area (Å²) in [6.45, 7) is 0.495. The van der Waals surface area contributed by atoms with Gasteiger partial charge in [-0.1, -0.05) is 6.07 Å². The van der Waals surface area contributed by atoms with Crippen LogP contribution in [-0.4, -0.2) is 11.6 Å². The Morgan fingerprint density at radius 2 is 2.00 bits per heavy atom. The van der Waals surface area contributed by atoms with Gasteiger partial charge < -0.3 is 9.72 Å². The molecule has 0 bridgehead atoms. The molecule has 0 spiro atoms. The Labute approximate surface area is 96.0 Å².